The van der Waals surface area contributed by atoms with Crippen molar-refractivity contribution in [2.75, 3.05) is 25.0 Å². The van der Waals surface area contributed by atoms with Gasteiger partial charge in [-0.3, -0.25) is 0 Å². The van der Waals surface area contributed by atoms with E-state index in [0.29, 0.717) is 6.04 Å². The summed E-state index contributed by atoms with van der Waals surface area (Å²) in [5.41, 5.74) is 2.62. The molecule has 2 heteroatoms. The Bertz CT molecular complexity index is 309. The minimum Gasteiger partial charge on any atom is -0.373 e. The summed E-state index contributed by atoms with van der Waals surface area (Å²) < 4.78 is 0. The molecule has 0 aromatic heterocycles. The molecule has 0 aliphatic rings. The number of hydrogen-bond donors (Lipinski definition) is 1. The Kier molecular flexibility index (Phi) is 5.33. The fourth-order valence-electron chi connectivity index (χ4n) is 1.62. The van der Waals surface area contributed by atoms with Crippen molar-refractivity contribution in [3.8, 4) is 0 Å². The van der Waals surface area contributed by atoms with Gasteiger partial charge in [-0.25, -0.2) is 0 Å². The Morgan fingerprint density at radius 3 is 2.75 bits per heavy atom. The first-order valence-corrected chi connectivity index (χ1v) is 6.14. The van der Waals surface area contributed by atoms with Gasteiger partial charge in [0.25, 0.3) is 0 Å². The maximum atomic E-state index is 3.51. The molecule has 0 saturated heterocycles. The van der Waals surface area contributed by atoms with E-state index in [4.69, 9.17) is 0 Å². The van der Waals surface area contributed by atoms with Crippen LogP contribution in [0.4, 0.5) is 5.69 Å². The van der Waals surface area contributed by atoms with Crippen LogP contribution in [-0.4, -0.2) is 26.2 Å². The van der Waals surface area contributed by atoms with Gasteiger partial charge in [0.2, 0.25) is 0 Å². The minimum atomic E-state index is 0.617. The topological polar surface area (TPSA) is 15.3 Å². The van der Waals surface area contributed by atoms with E-state index in [-0.39, 0.29) is 0 Å². The van der Waals surface area contributed by atoms with Crippen LogP contribution < -0.4 is 10.2 Å². The molecular formula is C14H24N2. The minimum absolute atomic E-state index is 0.617. The smallest absolute Gasteiger partial charge is 0.0366 e. The fourth-order valence-corrected chi connectivity index (χ4v) is 1.62. The maximum absolute atomic E-state index is 3.51. The van der Waals surface area contributed by atoms with E-state index in [2.05, 4.69) is 62.3 Å². The quantitative estimate of drug-likeness (QED) is 0.793. The zero-order valence-electron chi connectivity index (χ0n) is 11.0. The van der Waals surface area contributed by atoms with Crippen LogP contribution in [0.2, 0.25) is 0 Å². The molecule has 0 spiro atoms. The van der Waals surface area contributed by atoms with Gasteiger partial charge in [0.05, 0.1) is 0 Å². The van der Waals surface area contributed by atoms with Gasteiger partial charge in [0.15, 0.2) is 0 Å². The normalized spacial score (nSPS) is 12.5. The first-order valence-electron chi connectivity index (χ1n) is 6.14. The van der Waals surface area contributed by atoms with E-state index in [1.54, 1.807) is 0 Å². The van der Waals surface area contributed by atoms with Crippen molar-refractivity contribution in [3.05, 3.63) is 29.8 Å². The molecule has 16 heavy (non-hydrogen) atoms. The predicted molar refractivity (Wildman–Crippen MR) is 72.2 cm³/mol. The van der Waals surface area contributed by atoms with Gasteiger partial charge < -0.3 is 10.2 Å². The number of nitrogens with zero attached hydrogens (tertiary/aromatic N) is 1. The van der Waals surface area contributed by atoms with E-state index in [1.165, 1.54) is 17.7 Å². The second-order valence-corrected chi connectivity index (χ2v) is 4.52. The largest absolute Gasteiger partial charge is 0.373 e. The van der Waals surface area contributed by atoms with Crippen molar-refractivity contribution in [2.24, 2.45) is 0 Å². The highest BCUT2D eigenvalue weighted by molar-refractivity contribution is 5.47. The number of aryl methyl sites for hydroxylation is 1. The second kappa shape index (κ2) is 6.54. The van der Waals surface area contributed by atoms with Crippen LogP contribution in [0.5, 0.6) is 0 Å². The van der Waals surface area contributed by atoms with Gasteiger partial charge in [-0.1, -0.05) is 19.1 Å². The molecule has 1 N–H and O–H groups in total. The molecule has 0 amide bonds. The number of hydrogen-bond acceptors (Lipinski definition) is 2. The Balaban J connectivity index is 2.38. The van der Waals surface area contributed by atoms with Crippen LogP contribution in [0.3, 0.4) is 0 Å². The Morgan fingerprint density at radius 1 is 1.38 bits per heavy atom. The third kappa shape index (κ3) is 4.23. The maximum Gasteiger partial charge on any atom is 0.0366 e. The summed E-state index contributed by atoms with van der Waals surface area (Å²) in [4.78, 5) is 2.29. The molecular weight excluding hydrogens is 196 g/mol. The zero-order valence-corrected chi connectivity index (χ0v) is 11.0. The van der Waals surface area contributed by atoms with Crippen molar-refractivity contribution >= 4 is 5.69 Å². The number of likely N-dealkylation sites (N-methyl/N-ethyl adjacent to an activating group) is 1. The van der Waals surface area contributed by atoms with Crippen LogP contribution >= 0.6 is 0 Å². The number of rotatable bonds is 6. The fraction of sp³-hybridized carbons (Fsp3) is 0.571. The standard InChI is InChI=1S/C14H24N2/c1-5-13(3)15-9-10-16(4)14-8-6-7-12(2)11-14/h6-8,11,13,15H,5,9-10H2,1-4H3. The van der Waals surface area contributed by atoms with Gasteiger partial charge >= 0.3 is 0 Å². The Morgan fingerprint density at radius 2 is 2.12 bits per heavy atom. The number of anilines is 1. The van der Waals surface area contributed by atoms with Crippen molar-refractivity contribution in [2.45, 2.75) is 33.2 Å². The molecule has 1 aromatic rings. The van der Waals surface area contributed by atoms with Gasteiger partial charge in [-0.15, -0.1) is 0 Å². The van der Waals surface area contributed by atoms with E-state index in [1.807, 2.05) is 0 Å². The summed E-state index contributed by atoms with van der Waals surface area (Å²) in [6.45, 7) is 8.66. The second-order valence-electron chi connectivity index (χ2n) is 4.52. The summed E-state index contributed by atoms with van der Waals surface area (Å²) in [5.74, 6) is 0. The van der Waals surface area contributed by atoms with Crippen molar-refractivity contribution in [1.29, 1.82) is 0 Å². The first kappa shape index (κ1) is 13.0. The van der Waals surface area contributed by atoms with E-state index < -0.39 is 0 Å². The Labute approximate surface area is 99.7 Å². The highest BCUT2D eigenvalue weighted by atomic mass is 15.1. The lowest BCUT2D eigenvalue weighted by atomic mass is 10.2. The molecule has 0 aliphatic heterocycles. The average molecular weight is 220 g/mol. The van der Waals surface area contributed by atoms with E-state index >= 15 is 0 Å². The van der Waals surface area contributed by atoms with E-state index in [9.17, 15) is 0 Å². The zero-order chi connectivity index (χ0) is 12.0. The molecule has 90 valence electrons. The van der Waals surface area contributed by atoms with Gasteiger partial charge in [-0.2, -0.15) is 0 Å². The summed E-state index contributed by atoms with van der Waals surface area (Å²) in [7, 11) is 2.15. The third-order valence-corrected chi connectivity index (χ3v) is 2.99. The average Bonchev–Trinajstić information content (AvgIpc) is 2.28. The van der Waals surface area contributed by atoms with Crippen molar-refractivity contribution in [1.82, 2.24) is 5.32 Å². The predicted octanol–water partition coefficient (Wildman–Crippen LogP) is 2.82. The molecule has 1 aromatic carbocycles. The monoisotopic (exact) mass is 220 g/mol. The van der Waals surface area contributed by atoms with Crippen LogP contribution in [0.1, 0.15) is 25.8 Å². The summed E-state index contributed by atoms with van der Waals surface area (Å²) in [6.07, 6.45) is 1.19. The van der Waals surface area contributed by atoms with Crippen molar-refractivity contribution in [3.63, 3.8) is 0 Å². The number of benzene rings is 1. The molecule has 0 radical (unpaired) electrons. The van der Waals surface area contributed by atoms with Crippen LogP contribution in [-0.2, 0) is 0 Å². The molecule has 1 atom stereocenters. The molecule has 0 bridgehead atoms. The number of nitrogens with one attached hydrogen (secondary N) is 1. The molecule has 0 fully saturated rings. The van der Waals surface area contributed by atoms with Gasteiger partial charge in [0, 0.05) is 31.9 Å². The lowest BCUT2D eigenvalue weighted by Gasteiger charge is -2.21. The lowest BCUT2D eigenvalue weighted by Crippen LogP contribution is -2.33. The summed E-state index contributed by atoms with van der Waals surface area (Å²) in [5, 5.41) is 3.51. The Hall–Kier alpha value is -1.02. The molecule has 1 unspecified atom stereocenters. The SMILES string of the molecule is CCC(C)NCCN(C)c1cccc(C)c1. The molecule has 0 heterocycles. The van der Waals surface area contributed by atoms with Gasteiger partial charge in [-0.05, 0) is 38.0 Å². The molecule has 0 aliphatic carbocycles. The van der Waals surface area contributed by atoms with Crippen LogP contribution in [0, 0.1) is 6.92 Å². The van der Waals surface area contributed by atoms with E-state index in [0.717, 1.165) is 13.1 Å². The molecule has 2 nitrogen and oxygen atoms in total. The molecule has 0 saturated carbocycles. The third-order valence-electron chi connectivity index (χ3n) is 2.99. The lowest BCUT2D eigenvalue weighted by molar-refractivity contribution is 0.538. The molecule has 1 rings (SSSR count). The highest BCUT2D eigenvalue weighted by Gasteiger charge is 2.01. The van der Waals surface area contributed by atoms with Gasteiger partial charge in [0.1, 0.15) is 0 Å². The summed E-state index contributed by atoms with van der Waals surface area (Å²) in [6, 6.07) is 9.25. The highest BCUT2D eigenvalue weighted by Crippen LogP contribution is 2.13. The van der Waals surface area contributed by atoms with Crippen molar-refractivity contribution < 1.29 is 0 Å². The first-order chi connectivity index (χ1) is 7.63. The van der Waals surface area contributed by atoms with Crippen LogP contribution in [0.15, 0.2) is 24.3 Å². The summed E-state index contributed by atoms with van der Waals surface area (Å²) >= 11 is 0. The van der Waals surface area contributed by atoms with Crippen LogP contribution in [0.25, 0.3) is 0 Å².